The van der Waals surface area contributed by atoms with Crippen molar-refractivity contribution in [3.63, 3.8) is 0 Å². The Hall–Kier alpha value is -3.22. The van der Waals surface area contributed by atoms with Gasteiger partial charge < -0.3 is 39.0 Å². The Bertz CT molecular complexity index is 1190. The number of alkyl halides is 1. The van der Waals surface area contributed by atoms with Gasteiger partial charge in [-0.3, -0.25) is 9.59 Å². The molecule has 5 rings (SSSR count). The molecule has 0 radical (unpaired) electrons. The van der Waals surface area contributed by atoms with Crippen LogP contribution in [0.4, 0.5) is 21.8 Å². The minimum Gasteiger partial charge on any atom is -0.431 e. The molecular weight excluding hydrogens is 497 g/mol. The highest BCUT2D eigenvalue weighted by atomic mass is 19.1. The molecule has 2 N–H and O–H groups in total. The van der Waals surface area contributed by atoms with Gasteiger partial charge in [0, 0.05) is 31.7 Å². The molecule has 4 heterocycles. The van der Waals surface area contributed by atoms with E-state index in [0.29, 0.717) is 74.6 Å². The Morgan fingerprint density at radius 1 is 1.24 bits per heavy atom. The summed E-state index contributed by atoms with van der Waals surface area (Å²) in [4.78, 5) is 36.2. The number of morpholine rings is 2. The van der Waals surface area contributed by atoms with Crippen molar-refractivity contribution < 1.29 is 33.0 Å². The fourth-order valence-electron chi connectivity index (χ4n) is 4.84. The molecule has 2 atom stereocenters. The molecule has 0 spiro atoms. The summed E-state index contributed by atoms with van der Waals surface area (Å²) < 4.78 is 31.1. The number of nitrogens with one attached hydrogen (secondary N) is 1. The number of rotatable bonds is 7. The van der Waals surface area contributed by atoms with Crippen molar-refractivity contribution in [2.75, 3.05) is 67.7 Å². The summed E-state index contributed by atoms with van der Waals surface area (Å²) in [6, 6.07) is 3.95. The summed E-state index contributed by atoms with van der Waals surface area (Å²) in [6.45, 7) is 8.65. The van der Waals surface area contributed by atoms with Gasteiger partial charge >= 0.3 is 0 Å². The van der Waals surface area contributed by atoms with E-state index in [1.165, 1.54) is 25.0 Å². The molecule has 12 heteroatoms. The van der Waals surface area contributed by atoms with E-state index in [4.69, 9.17) is 13.9 Å². The number of amides is 2. The largest absolute Gasteiger partial charge is 0.431 e. The minimum atomic E-state index is -1.60. The molecule has 2 amide bonds. The van der Waals surface area contributed by atoms with Gasteiger partial charge in [0.25, 0.3) is 17.8 Å². The lowest BCUT2D eigenvalue weighted by Gasteiger charge is -2.31. The molecule has 2 aromatic rings. The van der Waals surface area contributed by atoms with Crippen LogP contribution < -0.4 is 15.1 Å². The van der Waals surface area contributed by atoms with E-state index >= 15 is 0 Å². The first-order valence-corrected chi connectivity index (χ1v) is 12.9. The smallest absolute Gasteiger partial charge is 0.298 e. The fraction of sp³-hybridized carbons (Fsp3) is 0.577. The predicted molar refractivity (Wildman–Crippen MR) is 137 cm³/mol. The number of aromatic nitrogens is 1. The van der Waals surface area contributed by atoms with Gasteiger partial charge in [0.2, 0.25) is 0 Å². The number of carbonyl (C=O) groups is 2. The third-order valence-corrected chi connectivity index (χ3v) is 7.19. The fourth-order valence-corrected chi connectivity index (χ4v) is 4.84. The Balaban J connectivity index is 1.40. The first-order chi connectivity index (χ1) is 18.1. The van der Waals surface area contributed by atoms with Crippen molar-refractivity contribution in [2.24, 2.45) is 0 Å². The maximum atomic E-state index is 14.6. The number of benzene rings is 1. The molecule has 206 valence electrons. The summed E-state index contributed by atoms with van der Waals surface area (Å²) in [5, 5.41) is 13.0. The SMILES string of the molecule is C[C@@H]1COCCN1c1nc(C(=O)Nc2cc3c(cc2N2CCOCC2)C(=O)N(C[C@@H](F)C(C)(C)O)C3)co1. The van der Waals surface area contributed by atoms with E-state index in [9.17, 15) is 19.1 Å². The molecule has 3 aliphatic heterocycles. The molecule has 2 fully saturated rings. The van der Waals surface area contributed by atoms with Crippen molar-refractivity contribution >= 4 is 29.2 Å². The van der Waals surface area contributed by atoms with Crippen LogP contribution in [0.2, 0.25) is 0 Å². The molecule has 11 nitrogen and oxygen atoms in total. The Morgan fingerprint density at radius 2 is 1.97 bits per heavy atom. The average molecular weight is 532 g/mol. The number of anilines is 3. The van der Waals surface area contributed by atoms with Crippen LogP contribution in [0.3, 0.4) is 0 Å². The van der Waals surface area contributed by atoms with Crippen molar-refractivity contribution in [1.82, 2.24) is 9.88 Å². The molecule has 3 aliphatic rings. The lowest BCUT2D eigenvalue weighted by atomic mass is 10.0. The van der Waals surface area contributed by atoms with Crippen molar-refractivity contribution in [3.05, 3.63) is 35.2 Å². The van der Waals surface area contributed by atoms with Crippen LogP contribution in [0, 0.1) is 0 Å². The second-order valence-electron chi connectivity index (χ2n) is 10.5. The molecule has 1 aromatic heterocycles. The predicted octanol–water partition coefficient (Wildman–Crippen LogP) is 2.05. The first kappa shape index (κ1) is 26.4. The number of halogens is 1. The van der Waals surface area contributed by atoms with Crippen LogP contribution in [0.15, 0.2) is 22.8 Å². The van der Waals surface area contributed by atoms with Gasteiger partial charge in [-0.2, -0.15) is 4.98 Å². The molecule has 0 bridgehead atoms. The van der Waals surface area contributed by atoms with Crippen LogP contribution >= 0.6 is 0 Å². The van der Waals surface area contributed by atoms with E-state index in [0.717, 1.165) is 0 Å². The van der Waals surface area contributed by atoms with E-state index in [1.54, 1.807) is 12.1 Å². The number of nitrogens with zero attached hydrogens (tertiary/aromatic N) is 4. The Labute approximate surface area is 220 Å². The number of ether oxygens (including phenoxy) is 2. The van der Waals surface area contributed by atoms with E-state index in [2.05, 4.69) is 10.3 Å². The van der Waals surface area contributed by atoms with Crippen molar-refractivity contribution in [3.8, 4) is 0 Å². The highest BCUT2D eigenvalue weighted by Gasteiger charge is 2.36. The Kier molecular flexibility index (Phi) is 7.30. The van der Waals surface area contributed by atoms with Gasteiger partial charge in [0.05, 0.1) is 56.0 Å². The molecule has 0 saturated carbocycles. The Morgan fingerprint density at radius 3 is 2.68 bits per heavy atom. The van der Waals surface area contributed by atoms with E-state index in [1.807, 2.05) is 16.7 Å². The van der Waals surface area contributed by atoms with Gasteiger partial charge in [-0.05, 0) is 38.5 Å². The van der Waals surface area contributed by atoms with Gasteiger partial charge in [-0.15, -0.1) is 0 Å². The second kappa shape index (κ2) is 10.5. The number of oxazole rings is 1. The molecule has 2 saturated heterocycles. The lowest BCUT2D eigenvalue weighted by molar-refractivity contribution is -0.0159. The monoisotopic (exact) mass is 531 g/mol. The minimum absolute atomic E-state index is 0.0729. The quantitative estimate of drug-likeness (QED) is 0.553. The topological polar surface area (TPSA) is 121 Å². The van der Waals surface area contributed by atoms with Crippen LogP contribution in [0.5, 0.6) is 0 Å². The van der Waals surface area contributed by atoms with Gasteiger partial charge in [-0.25, -0.2) is 4.39 Å². The maximum absolute atomic E-state index is 14.6. The van der Waals surface area contributed by atoms with Crippen LogP contribution in [-0.4, -0.2) is 97.2 Å². The zero-order valence-corrected chi connectivity index (χ0v) is 21.9. The average Bonchev–Trinajstić information content (AvgIpc) is 3.49. The highest BCUT2D eigenvalue weighted by Crippen LogP contribution is 2.36. The molecule has 38 heavy (non-hydrogen) atoms. The summed E-state index contributed by atoms with van der Waals surface area (Å²) in [5.74, 6) is -0.748. The van der Waals surface area contributed by atoms with Gasteiger partial charge in [-0.1, -0.05) is 0 Å². The van der Waals surface area contributed by atoms with Gasteiger partial charge in [0.1, 0.15) is 12.4 Å². The third-order valence-electron chi connectivity index (χ3n) is 7.19. The third kappa shape index (κ3) is 5.33. The summed E-state index contributed by atoms with van der Waals surface area (Å²) in [7, 11) is 0. The number of aliphatic hydroxyl groups is 1. The summed E-state index contributed by atoms with van der Waals surface area (Å²) >= 11 is 0. The number of carbonyl (C=O) groups excluding carboxylic acids is 2. The number of fused-ring (bicyclic) bond motifs is 1. The zero-order chi connectivity index (χ0) is 27.0. The summed E-state index contributed by atoms with van der Waals surface area (Å²) in [6.07, 6.45) is -0.271. The number of hydrogen-bond donors (Lipinski definition) is 2. The van der Waals surface area contributed by atoms with Crippen molar-refractivity contribution in [1.29, 1.82) is 0 Å². The molecular formula is C26H34FN5O6. The summed E-state index contributed by atoms with van der Waals surface area (Å²) in [5.41, 5.74) is 0.901. The molecule has 0 unspecified atom stereocenters. The van der Waals surface area contributed by atoms with E-state index in [-0.39, 0.29) is 30.7 Å². The first-order valence-electron chi connectivity index (χ1n) is 12.9. The lowest BCUT2D eigenvalue weighted by Crippen LogP contribution is -2.43. The highest BCUT2D eigenvalue weighted by molar-refractivity contribution is 6.07. The number of hydrogen-bond acceptors (Lipinski definition) is 9. The standard InChI is InChI=1S/C26H34FN5O6/c1-16-14-37-9-6-32(16)25-29-20(15-38-25)23(33)28-19-10-17-12-31(13-22(27)26(2,3)35)24(34)18(17)11-21(19)30-4-7-36-8-5-30/h10-11,15-16,22,35H,4-9,12-14H2,1-3H3,(H,28,33)/t16-,22-/m1/s1. The van der Waals surface area contributed by atoms with Crippen LogP contribution in [-0.2, 0) is 16.0 Å². The van der Waals surface area contributed by atoms with Gasteiger partial charge in [0.15, 0.2) is 5.69 Å². The maximum Gasteiger partial charge on any atom is 0.298 e. The zero-order valence-electron chi connectivity index (χ0n) is 21.9. The van der Waals surface area contributed by atoms with Crippen molar-refractivity contribution in [2.45, 2.75) is 45.1 Å². The van der Waals surface area contributed by atoms with E-state index < -0.39 is 17.7 Å². The van der Waals surface area contributed by atoms with Crippen LogP contribution in [0.1, 0.15) is 47.2 Å². The molecule has 0 aliphatic carbocycles. The normalized spacial score (nSPS) is 21.0. The second-order valence-corrected chi connectivity index (χ2v) is 10.5. The van der Waals surface area contributed by atoms with Crippen LogP contribution in [0.25, 0.3) is 0 Å². The molecule has 1 aromatic carbocycles.